The fraction of sp³-hybridized carbons (Fsp3) is 0.364. The number of furan rings is 1. The fourth-order valence-electron chi connectivity index (χ4n) is 1.73. The Balaban J connectivity index is 2.21. The number of nitrogens with zero attached hydrogens (tertiary/aromatic N) is 2. The Bertz CT molecular complexity index is 476. The first-order chi connectivity index (χ1) is 7.59. The highest BCUT2D eigenvalue weighted by Gasteiger charge is 2.17. The first-order valence-corrected chi connectivity index (χ1v) is 5.44. The van der Waals surface area contributed by atoms with Crippen LogP contribution < -0.4 is 5.73 Å². The number of nitrogens with two attached hydrogens (primary N) is 1. The van der Waals surface area contributed by atoms with Gasteiger partial charge in [0.25, 0.3) is 0 Å². The zero-order valence-electron chi connectivity index (χ0n) is 9.27. The molecule has 0 fully saturated rings. The number of hydrogen-bond acceptors (Lipinski definition) is 3. The first kappa shape index (κ1) is 11.2. The van der Waals surface area contributed by atoms with Crippen LogP contribution in [-0.2, 0) is 13.5 Å². The Morgan fingerprint density at radius 1 is 1.62 bits per heavy atom. The third kappa shape index (κ3) is 1.99. The highest BCUT2D eigenvalue weighted by atomic mass is 35.5. The average Bonchev–Trinajstić information content (AvgIpc) is 2.83. The molecule has 0 amide bonds. The zero-order valence-corrected chi connectivity index (χ0v) is 10.0. The third-order valence-corrected chi connectivity index (χ3v) is 3.08. The molecule has 0 aliphatic rings. The summed E-state index contributed by atoms with van der Waals surface area (Å²) in [4.78, 5) is 0. The summed E-state index contributed by atoms with van der Waals surface area (Å²) in [5.74, 6) is 0.763. The molecule has 2 aromatic rings. The normalized spacial score (nSPS) is 13.0. The summed E-state index contributed by atoms with van der Waals surface area (Å²) < 4.78 is 6.91. The van der Waals surface area contributed by atoms with E-state index in [1.54, 1.807) is 10.9 Å². The molecule has 0 saturated heterocycles. The van der Waals surface area contributed by atoms with Gasteiger partial charge in [0.1, 0.15) is 10.9 Å². The summed E-state index contributed by atoms with van der Waals surface area (Å²) in [6.45, 7) is 1.93. The van der Waals surface area contributed by atoms with E-state index < -0.39 is 0 Å². The van der Waals surface area contributed by atoms with Crippen LogP contribution in [-0.4, -0.2) is 9.78 Å². The molecular weight excluding hydrogens is 226 g/mol. The van der Waals surface area contributed by atoms with Crippen molar-refractivity contribution in [3.05, 3.63) is 40.6 Å². The second-order valence-electron chi connectivity index (χ2n) is 3.80. The molecule has 0 aliphatic heterocycles. The summed E-state index contributed by atoms with van der Waals surface area (Å²) >= 11 is 6.13. The Morgan fingerprint density at radius 3 is 2.88 bits per heavy atom. The highest BCUT2D eigenvalue weighted by Crippen LogP contribution is 2.24. The van der Waals surface area contributed by atoms with E-state index in [-0.39, 0.29) is 6.04 Å². The minimum absolute atomic E-state index is 0.185. The van der Waals surface area contributed by atoms with Crippen molar-refractivity contribution in [1.82, 2.24) is 9.78 Å². The molecule has 1 atom stereocenters. The van der Waals surface area contributed by atoms with Crippen molar-refractivity contribution in [3.63, 3.8) is 0 Å². The predicted molar refractivity (Wildman–Crippen MR) is 62.3 cm³/mol. The van der Waals surface area contributed by atoms with E-state index >= 15 is 0 Å². The molecular formula is C11H14ClN3O. The van der Waals surface area contributed by atoms with E-state index in [0.29, 0.717) is 11.6 Å². The molecule has 86 valence electrons. The van der Waals surface area contributed by atoms with Crippen LogP contribution in [0.5, 0.6) is 0 Å². The molecule has 0 aromatic carbocycles. The lowest BCUT2D eigenvalue weighted by molar-refractivity contribution is 0.464. The van der Waals surface area contributed by atoms with Crippen LogP contribution in [0.15, 0.2) is 22.8 Å². The van der Waals surface area contributed by atoms with Gasteiger partial charge in [-0.1, -0.05) is 11.6 Å². The lowest BCUT2D eigenvalue weighted by Crippen LogP contribution is -2.13. The maximum atomic E-state index is 6.13. The second-order valence-corrected chi connectivity index (χ2v) is 4.16. The molecule has 0 radical (unpaired) electrons. The summed E-state index contributed by atoms with van der Waals surface area (Å²) in [5.41, 5.74) is 7.92. The summed E-state index contributed by atoms with van der Waals surface area (Å²) in [6.07, 6.45) is 2.25. The Labute approximate surface area is 99.0 Å². The standard InChI is InChI=1S/C11H14ClN3O/c1-7-8(11(12)15(2)14-7)6-9(13)10-4-3-5-16-10/h3-5,9H,6,13H2,1-2H3. The van der Waals surface area contributed by atoms with Gasteiger partial charge in [-0.15, -0.1) is 0 Å². The number of aryl methyl sites for hydroxylation is 2. The van der Waals surface area contributed by atoms with Crippen molar-refractivity contribution < 1.29 is 4.42 Å². The van der Waals surface area contributed by atoms with Crippen LogP contribution in [0.3, 0.4) is 0 Å². The van der Waals surface area contributed by atoms with E-state index in [4.69, 9.17) is 21.8 Å². The number of halogens is 1. The van der Waals surface area contributed by atoms with Gasteiger partial charge in [0.2, 0.25) is 0 Å². The van der Waals surface area contributed by atoms with E-state index in [2.05, 4.69) is 5.10 Å². The van der Waals surface area contributed by atoms with Crippen molar-refractivity contribution in [2.24, 2.45) is 12.8 Å². The van der Waals surface area contributed by atoms with Crippen LogP contribution in [0.4, 0.5) is 0 Å². The molecule has 1 unspecified atom stereocenters. The highest BCUT2D eigenvalue weighted by molar-refractivity contribution is 6.30. The molecule has 4 nitrogen and oxygen atoms in total. The van der Waals surface area contributed by atoms with Crippen molar-refractivity contribution in [1.29, 1.82) is 0 Å². The molecule has 2 N–H and O–H groups in total. The maximum Gasteiger partial charge on any atom is 0.130 e. The summed E-state index contributed by atoms with van der Waals surface area (Å²) in [5, 5.41) is 4.88. The van der Waals surface area contributed by atoms with E-state index in [1.807, 2.05) is 26.1 Å². The van der Waals surface area contributed by atoms with Gasteiger partial charge in [-0.3, -0.25) is 4.68 Å². The molecule has 2 rings (SSSR count). The molecule has 16 heavy (non-hydrogen) atoms. The molecule has 2 heterocycles. The minimum atomic E-state index is -0.185. The molecule has 0 spiro atoms. The largest absolute Gasteiger partial charge is 0.468 e. The van der Waals surface area contributed by atoms with E-state index in [0.717, 1.165) is 17.0 Å². The van der Waals surface area contributed by atoms with Crippen LogP contribution >= 0.6 is 11.6 Å². The SMILES string of the molecule is Cc1nn(C)c(Cl)c1CC(N)c1ccco1. The van der Waals surface area contributed by atoms with Crippen LogP contribution in [0.1, 0.15) is 23.1 Å². The smallest absolute Gasteiger partial charge is 0.130 e. The molecule has 5 heteroatoms. The Kier molecular flexibility index (Phi) is 3.03. The lowest BCUT2D eigenvalue weighted by Gasteiger charge is -2.08. The van der Waals surface area contributed by atoms with E-state index in [9.17, 15) is 0 Å². The quantitative estimate of drug-likeness (QED) is 0.894. The number of rotatable bonds is 3. The van der Waals surface area contributed by atoms with Gasteiger partial charge in [0.15, 0.2) is 0 Å². The van der Waals surface area contributed by atoms with Crippen LogP contribution in [0.25, 0.3) is 0 Å². The van der Waals surface area contributed by atoms with Crippen molar-refractivity contribution >= 4 is 11.6 Å². The van der Waals surface area contributed by atoms with Gasteiger partial charge in [-0.2, -0.15) is 5.10 Å². The Hall–Kier alpha value is -1.26. The second kappa shape index (κ2) is 4.31. The minimum Gasteiger partial charge on any atom is -0.468 e. The summed E-state index contributed by atoms with van der Waals surface area (Å²) in [7, 11) is 1.82. The maximum absolute atomic E-state index is 6.13. The predicted octanol–water partition coefficient (Wildman–Crippen LogP) is 2.22. The van der Waals surface area contributed by atoms with Gasteiger partial charge in [0, 0.05) is 12.6 Å². The molecule has 2 aromatic heterocycles. The van der Waals surface area contributed by atoms with Gasteiger partial charge in [-0.25, -0.2) is 0 Å². The van der Waals surface area contributed by atoms with E-state index in [1.165, 1.54) is 0 Å². The van der Waals surface area contributed by atoms with Gasteiger partial charge >= 0.3 is 0 Å². The van der Waals surface area contributed by atoms with Gasteiger partial charge in [0.05, 0.1) is 18.0 Å². The average molecular weight is 240 g/mol. The number of aromatic nitrogens is 2. The Morgan fingerprint density at radius 2 is 2.38 bits per heavy atom. The van der Waals surface area contributed by atoms with Gasteiger partial charge in [-0.05, 0) is 25.5 Å². The third-order valence-electron chi connectivity index (χ3n) is 2.60. The summed E-state index contributed by atoms with van der Waals surface area (Å²) in [6, 6.07) is 3.51. The molecule has 0 saturated carbocycles. The first-order valence-electron chi connectivity index (χ1n) is 5.06. The monoisotopic (exact) mass is 239 g/mol. The zero-order chi connectivity index (χ0) is 11.7. The lowest BCUT2D eigenvalue weighted by atomic mass is 10.1. The van der Waals surface area contributed by atoms with Crippen LogP contribution in [0.2, 0.25) is 5.15 Å². The van der Waals surface area contributed by atoms with Crippen molar-refractivity contribution in [2.75, 3.05) is 0 Å². The van der Waals surface area contributed by atoms with Crippen LogP contribution in [0, 0.1) is 6.92 Å². The van der Waals surface area contributed by atoms with Crippen molar-refractivity contribution in [3.8, 4) is 0 Å². The van der Waals surface area contributed by atoms with Crippen molar-refractivity contribution in [2.45, 2.75) is 19.4 Å². The van der Waals surface area contributed by atoms with Gasteiger partial charge < -0.3 is 10.2 Å². The molecule has 0 bridgehead atoms. The number of hydrogen-bond donors (Lipinski definition) is 1. The molecule has 0 aliphatic carbocycles. The fourth-order valence-corrected chi connectivity index (χ4v) is 1.98. The topological polar surface area (TPSA) is 57.0 Å².